The third kappa shape index (κ3) is 4.25. The largest absolute Gasteiger partial charge is 0.438 e. The maximum atomic E-state index is 6.24. The van der Waals surface area contributed by atoms with Crippen LogP contribution in [0.1, 0.15) is 23.0 Å². The molecule has 226 valence electrons. The van der Waals surface area contributed by atoms with Gasteiger partial charge in [-0.1, -0.05) is 115 Å². The van der Waals surface area contributed by atoms with Crippen LogP contribution in [0.2, 0.25) is 0 Å². The molecule has 0 N–H and O–H groups in total. The molecule has 0 bridgehead atoms. The summed E-state index contributed by atoms with van der Waals surface area (Å²) in [5.74, 6) is 1.61. The molecule has 10 rings (SSSR count). The average molecular weight is 615 g/mol. The quantitative estimate of drug-likeness (QED) is 0.193. The van der Waals surface area contributed by atoms with Crippen molar-refractivity contribution < 1.29 is 4.42 Å². The molecular weight excluding hydrogens is 585 g/mol. The zero-order valence-corrected chi connectivity index (χ0v) is 26.1. The number of hydrogen-bond donors (Lipinski definition) is 0. The summed E-state index contributed by atoms with van der Waals surface area (Å²) in [4.78, 5) is 7.32. The Balaban J connectivity index is 1.09. The predicted octanol–water partition coefficient (Wildman–Crippen LogP) is 12.2. The highest BCUT2D eigenvalue weighted by molar-refractivity contribution is 6.04. The molecule has 0 radical (unpaired) electrons. The number of fused-ring (bicyclic) bond motifs is 6. The van der Waals surface area contributed by atoms with E-state index in [1.54, 1.807) is 0 Å². The van der Waals surface area contributed by atoms with Gasteiger partial charge >= 0.3 is 0 Å². The average Bonchev–Trinajstić information content (AvgIpc) is 3.69. The molecule has 8 aromatic rings. The van der Waals surface area contributed by atoms with Gasteiger partial charge in [0.15, 0.2) is 0 Å². The van der Waals surface area contributed by atoms with Crippen LogP contribution in [0.4, 0.5) is 17.2 Å². The van der Waals surface area contributed by atoms with Crippen LogP contribution in [0, 0.1) is 0 Å². The van der Waals surface area contributed by atoms with Crippen molar-refractivity contribution in [1.29, 1.82) is 0 Å². The summed E-state index contributed by atoms with van der Waals surface area (Å²) < 4.78 is 6.24. The van der Waals surface area contributed by atoms with E-state index in [-0.39, 0.29) is 0 Å². The van der Waals surface area contributed by atoms with Crippen LogP contribution in [0.25, 0.3) is 55.1 Å². The number of anilines is 3. The Kier molecular flexibility index (Phi) is 6.00. The van der Waals surface area contributed by atoms with Crippen molar-refractivity contribution in [2.75, 3.05) is 4.90 Å². The lowest BCUT2D eigenvalue weighted by atomic mass is 9.86. The molecule has 48 heavy (non-hydrogen) atoms. The fourth-order valence-electron chi connectivity index (χ4n) is 7.79. The molecule has 2 unspecified atom stereocenters. The minimum absolute atomic E-state index is 0.390. The first-order valence-corrected chi connectivity index (χ1v) is 16.5. The van der Waals surface area contributed by atoms with Crippen LogP contribution >= 0.6 is 0 Å². The highest BCUT2D eigenvalue weighted by Crippen LogP contribution is 2.50. The zero-order chi connectivity index (χ0) is 31.6. The second-order valence-electron chi connectivity index (χ2n) is 12.8. The highest BCUT2D eigenvalue weighted by Gasteiger charge is 2.32. The van der Waals surface area contributed by atoms with Gasteiger partial charge in [0.2, 0.25) is 5.71 Å². The van der Waals surface area contributed by atoms with Crippen LogP contribution in [0.3, 0.4) is 0 Å². The SMILES string of the molecule is C1=CC2c3cccc4cc(-c5ccc(N(c6cccc(-c7ccccc7)c6)c6ccc7c(n6)oc6ccccc67)cc5)cc(c34)C2C=C1. The molecule has 2 aliphatic carbocycles. The smallest absolute Gasteiger partial charge is 0.229 e. The number of benzene rings is 6. The number of nitrogens with zero attached hydrogens (tertiary/aromatic N) is 2. The minimum Gasteiger partial charge on any atom is -0.438 e. The Morgan fingerprint density at radius 3 is 2.12 bits per heavy atom. The maximum Gasteiger partial charge on any atom is 0.229 e. The molecule has 2 atom stereocenters. The Labute approximate surface area is 278 Å². The molecule has 3 heteroatoms. The number of hydrogen-bond acceptors (Lipinski definition) is 3. The summed E-state index contributed by atoms with van der Waals surface area (Å²) in [5, 5.41) is 4.81. The van der Waals surface area contributed by atoms with Crippen LogP contribution in [0.5, 0.6) is 0 Å². The van der Waals surface area contributed by atoms with Gasteiger partial charge in [-0.3, -0.25) is 4.90 Å². The molecule has 0 saturated carbocycles. The topological polar surface area (TPSA) is 29.3 Å². The number of furan rings is 1. The predicted molar refractivity (Wildman–Crippen MR) is 198 cm³/mol. The maximum absolute atomic E-state index is 6.24. The number of aromatic nitrogens is 1. The van der Waals surface area contributed by atoms with Gasteiger partial charge in [0.1, 0.15) is 11.4 Å². The van der Waals surface area contributed by atoms with E-state index in [1.165, 1.54) is 38.6 Å². The number of allylic oxidation sites excluding steroid dienone is 4. The van der Waals surface area contributed by atoms with E-state index < -0.39 is 0 Å². The van der Waals surface area contributed by atoms with Crippen molar-refractivity contribution in [1.82, 2.24) is 4.98 Å². The summed E-state index contributed by atoms with van der Waals surface area (Å²) >= 11 is 0. The second kappa shape index (κ2) is 10.7. The fourth-order valence-corrected chi connectivity index (χ4v) is 7.79. The van der Waals surface area contributed by atoms with Crippen molar-refractivity contribution in [3.05, 3.63) is 181 Å². The van der Waals surface area contributed by atoms with E-state index in [1.807, 2.05) is 18.2 Å². The Morgan fingerprint density at radius 2 is 1.25 bits per heavy atom. The van der Waals surface area contributed by atoms with Crippen LogP contribution in [-0.2, 0) is 0 Å². The van der Waals surface area contributed by atoms with Crippen molar-refractivity contribution in [3.8, 4) is 22.3 Å². The summed E-state index contributed by atoms with van der Waals surface area (Å²) in [6, 6.07) is 51.9. The number of rotatable bonds is 5. The summed E-state index contributed by atoms with van der Waals surface area (Å²) in [5.41, 5.74) is 11.2. The van der Waals surface area contributed by atoms with E-state index in [4.69, 9.17) is 9.40 Å². The van der Waals surface area contributed by atoms with E-state index in [0.717, 1.165) is 39.1 Å². The highest BCUT2D eigenvalue weighted by atomic mass is 16.3. The molecule has 2 aromatic heterocycles. The Morgan fingerprint density at radius 1 is 0.500 bits per heavy atom. The van der Waals surface area contributed by atoms with E-state index in [0.29, 0.717) is 17.5 Å². The molecule has 2 aliphatic rings. The standard InChI is InChI=1S/C45H30N2O/c1-2-10-29(11-3-1)31-12-8-14-35(27-31)47(43-25-24-40-38-17-6-7-19-42(38)48-45(40)46-43)34-22-20-30(21-23-34)33-26-32-13-9-18-39-36-15-4-5-16-37(36)41(28-33)44(32)39/h1-28,36-37H. The minimum atomic E-state index is 0.390. The Hall–Kier alpha value is -6.19. The lowest BCUT2D eigenvalue weighted by Gasteiger charge is -2.25. The normalized spacial score (nSPS) is 16.2. The summed E-state index contributed by atoms with van der Waals surface area (Å²) in [6.45, 7) is 0. The van der Waals surface area contributed by atoms with Crippen LogP contribution in [-0.4, -0.2) is 4.98 Å². The van der Waals surface area contributed by atoms with E-state index in [9.17, 15) is 0 Å². The van der Waals surface area contributed by atoms with Crippen molar-refractivity contribution in [3.63, 3.8) is 0 Å². The van der Waals surface area contributed by atoms with Gasteiger partial charge in [0.25, 0.3) is 0 Å². The first-order valence-electron chi connectivity index (χ1n) is 16.5. The second-order valence-corrected chi connectivity index (χ2v) is 12.8. The third-order valence-corrected chi connectivity index (χ3v) is 10.0. The number of pyridine rings is 1. The van der Waals surface area contributed by atoms with Gasteiger partial charge in [-0.15, -0.1) is 0 Å². The summed E-state index contributed by atoms with van der Waals surface area (Å²) in [7, 11) is 0. The van der Waals surface area contributed by atoms with Crippen molar-refractivity contribution >= 4 is 50.0 Å². The van der Waals surface area contributed by atoms with Gasteiger partial charge in [-0.25, -0.2) is 0 Å². The van der Waals surface area contributed by atoms with Gasteiger partial charge < -0.3 is 4.42 Å². The zero-order valence-electron chi connectivity index (χ0n) is 26.1. The fraction of sp³-hybridized carbons (Fsp3) is 0.0444. The van der Waals surface area contributed by atoms with Gasteiger partial charge in [0, 0.05) is 34.0 Å². The monoisotopic (exact) mass is 614 g/mol. The molecule has 0 amide bonds. The van der Waals surface area contributed by atoms with Crippen LogP contribution in [0.15, 0.2) is 174 Å². The molecule has 0 saturated heterocycles. The molecular formula is C45H30N2O. The van der Waals surface area contributed by atoms with Crippen molar-refractivity contribution in [2.45, 2.75) is 11.8 Å². The van der Waals surface area contributed by atoms with Crippen molar-refractivity contribution in [2.24, 2.45) is 0 Å². The number of para-hydroxylation sites is 1. The molecule has 0 fully saturated rings. The molecule has 0 spiro atoms. The first kappa shape index (κ1) is 27.0. The lowest BCUT2D eigenvalue weighted by Crippen LogP contribution is -2.11. The first-order chi connectivity index (χ1) is 23.8. The molecule has 3 nitrogen and oxygen atoms in total. The Bertz CT molecular complexity index is 2580. The molecule has 6 aromatic carbocycles. The molecule has 2 heterocycles. The lowest BCUT2D eigenvalue weighted by molar-refractivity contribution is 0.654. The van der Waals surface area contributed by atoms with Gasteiger partial charge in [-0.2, -0.15) is 4.98 Å². The van der Waals surface area contributed by atoms with Gasteiger partial charge in [-0.05, 0) is 98.8 Å². The van der Waals surface area contributed by atoms with Gasteiger partial charge in [0.05, 0.1) is 0 Å². The third-order valence-electron chi connectivity index (χ3n) is 10.0. The van der Waals surface area contributed by atoms with E-state index >= 15 is 0 Å². The van der Waals surface area contributed by atoms with Crippen LogP contribution < -0.4 is 4.90 Å². The molecule has 0 aliphatic heterocycles. The van der Waals surface area contributed by atoms with E-state index in [2.05, 4.69) is 157 Å². The summed E-state index contributed by atoms with van der Waals surface area (Å²) in [6.07, 6.45) is 9.09.